The van der Waals surface area contributed by atoms with E-state index in [4.69, 9.17) is 27.9 Å². The fraction of sp³-hybridized carbons (Fsp3) is 0.333. The molecule has 0 saturated carbocycles. The van der Waals surface area contributed by atoms with Gasteiger partial charge in [0.1, 0.15) is 0 Å². The largest absolute Gasteiger partial charge is 0.479 e. The molecule has 0 radical (unpaired) electrons. The summed E-state index contributed by atoms with van der Waals surface area (Å²) in [5.41, 5.74) is -1.49. The third-order valence-corrected chi connectivity index (χ3v) is 3.29. The Balaban J connectivity index is 2.22. The summed E-state index contributed by atoms with van der Waals surface area (Å²) in [6.07, 6.45) is 0.665. The van der Waals surface area contributed by atoms with E-state index in [1.165, 1.54) is 18.2 Å². The van der Waals surface area contributed by atoms with Gasteiger partial charge in [0, 0.05) is 22.3 Å². The number of benzene rings is 1. The van der Waals surface area contributed by atoms with Crippen molar-refractivity contribution < 1.29 is 19.4 Å². The van der Waals surface area contributed by atoms with Crippen molar-refractivity contribution in [1.29, 1.82) is 0 Å². The second-order valence-corrected chi connectivity index (χ2v) is 5.07. The van der Waals surface area contributed by atoms with Crippen LogP contribution in [-0.2, 0) is 14.3 Å². The van der Waals surface area contributed by atoms with Crippen molar-refractivity contribution in [2.75, 3.05) is 11.9 Å². The lowest BCUT2D eigenvalue weighted by molar-refractivity contribution is -0.165. The number of carboxylic acids is 1. The number of hydrogen-bond donors (Lipinski definition) is 2. The third kappa shape index (κ3) is 2.83. The topological polar surface area (TPSA) is 75.6 Å². The second kappa shape index (κ2) is 5.36. The highest BCUT2D eigenvalue weighted by atomic mass is 35.5. The fourth-order valence-corrected chi connectivity index (χ4v) is 2.47. The Morgan fingerprint density at radius 2 is 1.89 bits per heavy atom. The Hall–Kier alpha value is -1.30. The Morgan fingerprint density at radius 1 is 1.26 bits per heavy atom. The third-order valence-electron chi connectivity index (χ3n) is 2.85. The molecule has 1 atom stereocenters. The van der Waals surface area contributed by atoms with Crippen LogP contribution in [0.3, 0.4) is 0 Å². The van der Waals surface area contributed by atoms with E-state index in [9.17, 15) is 14.7 Å². The Kier molecular flexibility index (Phi) is 3.99. The highest BCUT2D eigenvalue weighted by Gasteiger charge is 2.50. The van der Waals surface area contributed by atoms with E-state index in [0.29, 0.717) is 22.2 Å². The maximum atomic E-state index is 12.1. The summed E-state index contributed by atoms with van der Waals surface area (Å²) in [5, 5.41) is 12.4. The molecule has 2 N–H and O–H groups in total. The lowest BCUT2D eigenvalue weighted by Crippen LogP contribution is -2.49. The number of nitrogens with one attached hydrogen (secondary N) is 1. The molecule has 1 heterocycles. The average Bonchev–Trinajstić information content (AvgIpc) is 2.77. The van der Waals surface area contributed by atoms with E-state index >= 15 is 0 Å². The van der Waals surface area contributed by atoms with Crippen LogP contribution in [-0.4, -0.2) is 29.2 Å². The van der Waals surface area contributed by atoms with E-state index in [2.05, 4.69) is 5.32 Å². The SMILES string of the molecule is O=C(O)C1(C(=O)Nc2cc(Cl)cc(Cl)c2)CCCO1. The summed E-state index contributed by atoms with van der Waals surface area (Å²) in [7, 11) is 0. The van der Waals surface area contributed by atoms with Gasteiger partial charge in [-0.2, -0.15) is 0 Å². The molecule has 19 heavy (non-hydrogen) atoms. The number of aliphatic carboxylic acids is 1. The van der Waals surface area contributed by atoms with Gasteiger partial charge in [-0.25, -0.2) is 4.79 Å². The van der Waals surface area contributed by atoms with Crippen LogP contribution < -0.4 is 5.32 Å². The van der Waals surface area contributed by atoms with Crippen LogP contribution in [0.5, 0.6) is 0 Å². The highest BCUT2D eigenvalue weighted by molar-refractivity contribution is 6.35. The smallest absolute Gasteiger partial charge is 0.345 e. The molecule has 7 heteroatoms. The van der Waals surface area contributed by atoms with Crippen LogP contribution in [0.25, 0.3) is 0 Å². The molecule has 1 aromatic carbocycles. The Labute approximate surface area is 119 Å². The van der Waals surface area contributed by atoms with Gasteiger partial charge in [-0.05, 0) is 31.0 Å². The monoisotopic (exact) mass is 303 g/mol. The number of ether oxygens (including phenoxy) is 1. The molecule has 102 valence electrons. The lowest BCUT2D eigenvalue weighted by atomic mass is 9.99. The molecule has 2 rings (SSSR count). The van der Waals surface area contributed by atoms with Crippen LogP contribution in [0.1, 0.15) is 12.8 Å². The zero-order valence-corrected chi connectivity index (χ0v) is 11.3. The van der Waals surface area contributed by atoms with E-state index in [1.54, 1.807) is 0 Å². The number of carboxylic acid groups (broad SMARTS) is 1. The van der Waals surface area contributed by atoms with E-state index in [-0.39, 0.29) is 13.0 Å². The molecule has 0 aliphatic carbocycles. The first-order valence-corrected chi connectivity index (χ1v) is 6.34. The van der Waals surface area contributed by atoms with E-state index in [0.717, 1.165) is 0 Å². The van der Waals surface area contributed by atoms with Crippen LogP contribution in [0.2, 0.25) is 10.0 Å². The first-order valence-electron chi connectivity index (χ1n) is 5.59. The predicted molar refractivity (Wildman–Crippen MR) is 70.6 cm³/mol. The number of carbonyl (C=O) groups is 2. The summed E-state index contributed by atoms with van der Waals surface area (Å²) >= 11 is 11.6. The van der Waals surface area contributed by atoms with Crippen molar-refractivity contribution in [3.63, 3.8) is 0 Å². The summed E-state index contributed by atoms with van der Waals surface area (Å²) in [6, 6.07) is 4.48. The number of anilines is 1. The van der Waals surface area contributed by atoms with Gasteiger partial charge < -0.3 is 15.2 Å². The molecule has 5 nitrogen and oxygen atoms in total. The molecule has 1 unspecified atom stereocenters. The summed E-state index contributed by atoms with van der Waals surface area (Å²) in [5.74, 6) is -2.02. The van der Waals surface area contributed by atoms with Crippen LogP contribution in [0, 0.1) is 0 Å². The Morgan fingerprint density at radius 3 is 2.37 bits per heavy atom. The van der Waals surface area contributed by atoms with Crippen molar-refractivity contribution in [2.45, 2.75) is 18.4 Å². The minimum Gasteiger partial charge on any atom is -0.479 e. The minimum atomic E-state index is -1.82. The standard InChI is InChI=1S/C12H11Cl2NO4/c13-7-4-8(14)6-9(5-7)15-10(16)12(11(17)18)2-1-3-19-12/h4-6H,1-3H2,(H,15,16)(H,17,18). The van der Waals surface area contributed by atoms with Crippen molar-refractivity contribution in [1.82, 2.24) is 0 Å². The van der Waals surface area contributed by atoms with Crippen molar-refractivity contribution in [3.8, 4) is 0 Å². The van der Waals surface area contributed by atoms with Gasteiger partial charge in [-0.15, -0.1) is 0 Å². The van der Waals surface area contributed by atoms with Crippen molar-refractivity contribution in [3.05, 3.63) is 28.2 Å². The zero-order valence-electron chi connectivity index (χ0n) is 9.78. The number of amides is 1. The highest BCUT2D eigenvalue weighted by Crippen LogP contribution is 2.29. The van der Waals surface area contributed by atoms with Gasteiger partial charge in [-0.1, -0.05) is 23.2 Å². The van der Waals surface area contributed by atoms with Crippen molar-refractivity contribution >= 4 is 40.8 Å². The molecule has 1 aliphatic rings. The van der Waals surface area contributed by atoms with Gasteiger partial charge in [-0.3, -0.25) is 4.79 Å². The van der Waals surface area contributed by atoms with Gasteiger partial charge in [0.15, 0.2) is 0 Å². The normalized spacial score (nSPS) is 22.2. The number of halogens is 2. The van der Waals surface area contributed by atoms with Gasteiger partial charge in [0.2, 0.25) is 5.60 Å². The maximum Gasteiger partial charge on any atom is 0.345 e. The molecule has 1 fully saturated rings. The molecule has 1 aromatic rings. The first kappa shape index (κ1) is 14.1. The van der Waals surface area contributed by atoms with Crippen LogP contribution in [0.4, 0.5) is 5.69 Å². The minimum absolute atomic E-state index is 0.141. The van der Waals surface area contributed by atoms with Crippen molar-refractivity contribution in [2.24, 2.45) is 0 Å². The van der Waals surface area contributed by atoms with Gasteiger partial charge >= 0.3 is 5.97 Å². The molecule has 0 aromatic heterocycles. The van der Waals surface area contributed by atoms with Crippen LogP contribution in [0.15, 0.2) is 18.2 Å². The number of rotatable bonds is 3. The number of carbonyl (C=O) groups excluding carboxylic acids is 1. The quantitative estimate of drug-likeness (QED) is 0.842. The lowest BCUT2D eigenvalue weighted by Gasteiger charge is -2.22. The Bertz CT molecular complexity index is 506. The maximum absolute atomic E-state index is 12.1. The second-order valence-electron chi connectivity index (χ2n) is 4.20. The molecule has 1 aliphatic heterocycles. The molecular weight excluding hydrogens is 293 g/mol. The summed E-state index contributed by atoms with van der Waals surface area (Å²) < 4.78 is 5.12. The molecule has 1 amide bonds. The van der Waals surface area contributed by atoms with Gasteiger partial charge in [0.25, 0.3) is 5.91 Å². The van der Waals surface area contributed by atoms with E-state index in [1.807, 2.05) is 0 Å². The molecule has 0 bridgehead atoms. The summed E-state index contributed by atoms with van der Waals surface area (Å²) in [4.78, 5) is 23.3. The predicted octanol–water partition coefficient (Wildman–Crippen LogP) is 2.57. The average molecular weight is 304 g/mol. The van der Waals surface area contributed by atoms with Crippen LogP contribution >= 0.6 is 23.2 Å². The number of hydrogen-bond acceptors (Lipinski definition) is 3. The molecular formula is C12H11Cl2NO4. The summed E-state index contributed by atoms with van der Waals surface area (Å²) in [6.45, 7) is 0.246. The zero-order chi connectivity index (χ0) is 14.0. The van der Waals surface area contributed by atoms with Gasteiger partial charge in [0.05, 0.1) is 0 Å². The molecule has 1 saturated heterocycles. The van der Waals surface area contributed by atoms with E-state index < -0.39 is 17.5 Å². The fourth-order valence-electron chi connectivity index (χ4n) is 1.94. The first-order chi connectivity index (χ1) is 8.94. The molecule has 0 spiro atoms.